The summed E-state index contributed by atoms with van der Waals surface area (Å²) in [5.74, 6) is 1.86. The number of thiophene rings is 1. The molecule has 6 nitrogen and oxygen atoms in total. The van der Waals surface area contributed by atoms with E-state index in [0.717, 1.165) is 11.0 Å². The van der Waals surface area contributed by atoms with Crippen molar-refractivity contribution in [1.29, 1.82) is 0 Å². The predicted octanol–water partition coefficient (Wildman–Crippen LogP) is 2.44. The summed E-state index contributed by atoms with van der Waals surface area (Å²) in [6.45, 7) is 0.760. The largest absolute Gasteiger partial charge is 0.357 e. The average molecular weight is 357 g/mol. The molecule has 2 rings (SSSR count). The van der Waals surface area contributed by atoms with Crippen LogP contribution in [0, 0.1) is 0 Å². The van der Waals surface area contributed by atoms with Crippen molar-refractivity contribution >= 4 is 45.1 Å². The summed E-state index contributed by atoms with van der Waals surface area (Å²) >= 11 is 5.17. The summed E-state index contributed by atoms with van der Waals surface area (Å²) in [4.78, 5) is 18.3. The van der Waals surface area contributed by atoms with Gasteiger partial charge in [-0.1, -0.05) is 0 Å². The predicted molar refractivity (Wildman–Crippen MR) is 87.8 cm³/mol. The molecule has 0 saturated carbocycles. The third kappa shape index (κ3) is 3.57. The van der Waals surface area contributed by atoms with Gasteiger partial charge in [-0.25, -0.2) is 0 Å². The fourth-order valence-corrected chi connectivity index (χ4v) is 3.08. The molecule has 2 aromatic heterocycles. The maximum absolute atomic E-state index is 4.47. The molecule has 1 N–H and O–H groups in total. The van der Waals surface area contributed by atoms with Crippen LogP contribution in [0.15, 0.2) is 15.9 Å². The van der Waals surface area contributed by atoms with Gasteiger partial charge in [0.15, 0.2) is 0 Å². The molecule has 0 spiro atoms. The number of hydrogen-bond donors (Lipinski definition) is 1. The first kappa shape index (κ1) is 15.0. The molecule has 0 atom stereocenters. The van der Waals surface area contributed by atoms with Gasteiger partial charge in [0.05, 0.1) is 6.54 Å². The van der Waals surface area contributed by atoms with Crippen molar-refractivity contribution in [3.05, 3.63) is 20.8 Å². The number of nitrogens with one attached hydrogen (secondary N) is 1. The van der Waals surface area contributed by atoms with Gasteiger partial charge >= 0.3 is 0 Å². The Balaban J connectivity index is 2.24. The number of nitrogens with zero attached hydrogens (tertiary/aromatic N) is 5. The van der Waals surface area contributed by atoms with E-state index in [-0.39, 0.29) is 0 Å². The Labute approximate surface area is 131 Å². The lowest BCUT2D eigenvalue weighted by Gasteiger charge is -2.19. The van der Waals surface area contributed by atoms with Crippen LogP contribution < -0.4 is 15.1 Å². The molecule has 0 radical (unpaired) electrons. The maximum atomic E-state index is 4.47. The van der Waals surface area contributed by atoms with Crippen LogP contribution in [-0.4, -0.2) is 43.1 Å². The van der Waals surface area contributed by atoms with Crippen LogP contribution >= 0.6 is 27.3 Å². The first-order valence-electron chi connectivity index (χ1n) is 6.05. The van der Waals surface area contributed by atoms with E-state index in [2.05, 4.69) is 47.6 Å². The highest BCUT2D eigenvalue weighted by Crippen LogP contribution is 2.22. The Bertz CT molecular complexity index is 585. The first-order valence-corrected chi connectivity index (χ1v) is 7.72. The quantitative estimate of drug-likeness (QED) is 0.887. The second-order valence-electron chi connectivity index (χ2n) is 4.49. The summed E-state index contributed by atoms with van der Waals surface area (Å²) in [6, 6.07) is 2.11. The van der Waals surface area contributed by atoms with Crippen LogP contribution in [0.4, 0.5) is 17.8 Å². The number of hydrogen-bond acceptors (Lipinski definition) is 7. The smallest absolute Gasteiger partial charge is 0.232 e. The lowest BCUT2D eigenvalue weighted by atomic mass is 10.4. The summed E-state index contributed by atoms with van der Waals surface area (Å²) in [6.07, 6.45) is 0. The topological polar surface area (TPSA) is 57.2 Å². The standard InChI is InChI=1S/C12H17BrN6S/c1-14-10-15-11(18(2)3)17-12(16-10)19(4)6-9-5-8(13)7-20-9/h5,7H,6H2,1-4H3,(H,14,15,16,17). The fraction of sp³-hybridized carbons (Fsp3) is 0.417. The second-order valence-corrected chi connectivity index (χ2v) is 6.40. The molecule has 0 fully saturated rings. The van der Waals surface area contributed by atoms with Gasteiger partial charge in [0.25, 0.3) is 0 Å². The average Bonchev–Trinajstić information content (AvgIpc) is 2.83. The normalized spacial score (nSPS) is 10.4. The van der Waals surface area contributed by atoms with Crippen LogP contribution in [-0.2, 0) is 6.54 Å². The Morgan fingerprint density at radius 3 is 2.45 bits per heavy atom. The van der Waals surface area contributed by atoms with Crippen molar-refractivity contribution in [2.75, 3.05) is 43.3 Å². The molecule has 0 amide bonds. The molecular weight excluding hydrogens is 340 g/mol. The molecule has 0 aliphatic heterocycles. The summed E-state index contributed by atoms with van der Waals surface area (Å²) < 4.78 is 1.10. The molecule has 2 aromatic rings. The van der Waals surface area contributed by atoms with E-state index in [1.807, 2.05) is 30.9 Å². The third-order valence-corrected chi connectivity index (χ3v) is 4.27. The van der Waals surface area contributed by atoms with E-state index in [9.17, 15) is 0 Å². The van der Waals surface area contributed by atoms with Gasteiger partial charge < -0.3 is 15.1 Å². The lowest BCUT2D eigenvalue weighted by molar-refractivity contribution is 0.852. The number of anilines is 3. The highest BCUT2D eigenvalue weighted by atomic mass is 79.9. The van der Waals surface area contributed by atoms with E-state index < -0.39 is 0 Å². The van der Waals surface area contributed by atoms with Gasteiger partial charge in [0.1, 0.15) is 0 Å². The first-order chi connectivity index (χ1) is 9.49. The van der Waals surface area contributed by atoms with Crippen LogP contribution in [0.3, 0.4) is 0 Å². The zero-order valence-corrected chi connectivity index (χ0v) is 14.3. The molecule has 0 saturated heterocycles. The summed E-state index contributed by atoms with van der Waals surface area (Å²) in [7, 11) is 7.60. The molecule has 108 valence electrons. The van der Waals surface area contributed by atoms with Gasteiger partial charge in [-0.2, -0.15) is 15.0 Å². The van der Waals surface area contributed by atoms with Crippen LogP contribution in [0.2, 0.25) is 0 Å². The summed E-state index contributed by atoms with van der Waals surface area (Å²) in [5.41, 5.74) is 0. The molecule has 2 heterocycles. The van der Waals surface area contributed by atoms with E-state index in [0.29, 0.717) is 17.8 Å². The Kier molecular flexibility index (Phi) is 4.77. The fourth-order valence-electron chi connectivity index (χ4n) is 1.58. The minimum Gasteiger partial charge on any atom is -0.357 e. The van der Waals surface area contributed by atoms with Crippen LogP contribution in [0.1, 0.15) is 4.88 Å². The van der Waals surface area contributed by atoms with Gasteiger partial charge in [0.2, 0.25) is 17.8 Å². The van der Waals surface area contributed by atoms with Gasteiger partial charge in [-0.3, -0.25) is 0 Å². The Morgan fingerprint density at radius 2 is 1.90 bits per heavy atom. The van der Waals surface area contributed by atoms with E-state index >= 15 is 0 Å². The third-order valence-electron chi connectivity index (χ3n) is 2.59. The number of aromatic nitrogens is 3. The molecule has 0 unspecified atom stereocenters. The highest BCUT2D eigenvalue weighted by molar-refractivity contribution is 9.10. The molecule has 0 aliphatic rings. The van der Waals surface area contributed by atoms with E-state index in [4.69, 9.17) is 0 Å². The van der Waals surface area contributed by atoms with Gasteiger partial charge in [0, 0.05) is 42.9 Å². The van der Waals surface area contributed by atoms with E-state index in [1.54, 1.807) is 18.4 Å². The van der Waals surface area contributed by atoms with Crippen molar-refractivity contribution in [3.63, 3.8) is 0 Å². The number of rotatable bonds is 5. The molecule has 0 aromatic carbocycles. The molecular formula is C12H17BrN6S. The SMILES string of the molecule is CNc1nc(N(C)C)nc(N(C)Cc2cc(Br)cs2)n1. The zero-order chi connectivity index (χ0) is 14.7. The van der Waals surface area contributed by atoms with Crippen molar-refractivity contribution in [3.8, 4) is 0 Å². The highest BCUT2D eigenvalue weighted by Gasteiger charge is 2.12. The molecule has 0 aliphatic carbocycles. The molecule has 20 heavy (non-hydrogen) atoms. The van der Waals surface area contributed by atoms with Crippen molar-refractivity contribution in [2.24, 2.45) is 0 Å². The molecule has 8 heteroatoms. The van der Waals surface area contributed by atoms with E-state index in [1.165, 1.54) is 4.88 Å². The number of halogens is 1. The minimum atomic E-state index is 0.568. The van der Waals surface area contributed by atoms with Gasteiger partial charge in [-0.15, -0.1) is 11.3 Å². The lowest BCUT2D eigenvalue weighted by Crippen LogP contribution is -2.22. The van der Waals surface area contributed by atoms with Crippen LogP contribution in [0.25, 0.3) is 0 Å². The van der Waals surface area contributed by atoms with Crippen molar-refractivity contribution in [2.45, 2.75) is 6.54 Å². The second kappa shape index (κ2) is 6.36. The minimum absolute atomic E-state index is 0.568. The van der Waals surface area contributed by atoms with Crippen molar-refractivity contribution in [1.82, 2.24) is 15.0 Å². The molecule has 0 bridgehead atoms. The zero-order valence-electron chi connectivity index (χ0n) is 11.9. The Morgan fingerprint density at radius 1 is 1.20 bits per heavy atom. The maximum Gasteiger partial charge on any atom is 0.232 e. The van der Waals surface area contributed by atoms with Crippen LogP contribution in [0.5, 0.6) is 0 Å². The summed E-state index contributed by atoms with van der Waals surface area (Å²) in [5, 5.41) is 5.04. The monoisotopic (exact) mass is 356 g/mol. The van der Waals surface area contributed by atoms with Crippen molar-refractivity contribution < 1.29 is 0 Å². The van der Waals surface area contributed by atoms with Gasteiger partial charge in [-0.05, 0) is 22.0 Å². The Hall–Kier alpha value is -1.41.